The van der Waals surface area contributed by atoms with Gasteiger partial charge in [0.05, 0.1) is 26.1 Å². The zero-order chi connectivity index (χ0) is 36.1. The van der Waals surface area contributed by atoms with Crippen LogP contribution in [0.4, 0.5) is 26.2 Å². The first-order chi connectivity index (χ1) is 25.1. The Morgan fingerprint density at radius 3 is 2.85 bits per heavy atom. The first-order valence-electron chi connectivity index (χ1n) is 16.6. The number of nitrogens with two attached hydrogens (primary N) is 2. The molecule has 0 amide bonds. The SMILES string of the molecule is C[C@H](c1cccnc1N)N1CCOc2nc(-c3cc(N)nc4cccc(C#CSP(I)I)c34)c(F)c3nc(OC[C@@]45CCCN4C[C@H](F)C5)nc1c23. The van der Waals surface area contributed by atoms with Crippen molar-refractivity contribution in [3.8, 4) is 34.3 Å². The van der Waals surface area contributed by atoms with Crippen LogP contribution in [0.15, 0.2) is 42.6 Å². The van der Waals surface area contributed by atoms with Crippen molar-refractivity contribution in [2.45, 2.75) is 43.9 Å². The second kappa shape index (κ2) is 14.6. The van der Waals surface area contributed by atoms with E-state index < -0.39 is 17.5 Å². The van der Waals surface area contributed by atoms with Gasteiger partial charge >= 0.3 is 6.01 Å². The summed E-state index contributed by atoms with van der Waals surface area (Å²) in [6.07, 6.45) is 2.83. The number of hydrogen-bond donors (Lipinski definition) is 2. The summed E-state index contributed by atoms with van der Waals surface area (Å²) >= 11 is 6.23. The fourth-order valence-corrected chi connectivity index (χ4v) is 10.0. The Morgan fingerprint density at radius 1 is 1.15 bits per heavy atom. The molecular formula is C35H32F2I2N9O2PS. The topological polar surface area (TPSA) is 141 Å². The molecule has 0 bridgehead atoms. The minimum atomic E-state index is -0.931. The van der Waals surface area contributed by atoms with Crippen molar-refractivity contribution in [2.75, 3.05) is 49.2 Å². The number of ether oxygens (including phenoxy) is 2. The number of rotatable bonds is 7. The number of halogens is 4. The molecule has 7 heterocycles. The summed E-state index contributed by atoms with van der Waals surface area (Å²) < 4.78 is 44.3. The van der Waals surface area contributed by atoms with Crippen LogP contribution >= 0.6 is 57.9 Å². The minimum Gasteiger partial charge on any atom is -0.475 e. The lowest BCUT2D eigenvalue weighted by Crippen LogP contribution is -2.43. The zero-order valence-corrected chi connectivity index (χ0v) is 33.8. The summed E-state index contributed by atoms with van der Waals surface area (Å²) in [6.45, 7) is 3.92. The quantitative estimate of drug-likeness (QED) is 0.0928. The smallest absolute Gasteiger partial charge is 0.319 e. The van der Waals surface area contributed by atoms with Crippen LogP contribution in [0.1, 0.15) is 43.4 Å². The molecule has 0 saturated carbocycles. The molecular weight excluding hydrogens is 933 g/mol. The molecule has 1 aromatic carbocycles. The highest BCUT2D eigenvalue weighted by Crippen LogP contribution is 2.64. The van der Waals surface area contributed by atoms with Gasteiger partial charge in [-0.1, -0.05) is 18.1 Å². The van der Waals surface area contributed by atoms with Crippen LogP contribution in [-0.4, -0.2) is 74.4 Å². The van der Waals surface area contributed by atoms with Crippen molar-refractivity contribution in [2.24, 2.45) is 0 Å². The summed E-state index contributed by atoms with van der Waals surface area (Å²) in [6, 6.07) is 10.5. The molecule has 0 unspecified atom stereocenters. The maximum absolute atomic E-state index is 17.4. The Morgan fingerprint density at radius 2 is 2.02 bits per heavy atom. The Kier molecular flexibility index (Phi) is 10.1. The van der Waals surface area contributed by atoms with E-state index in [0.29, 0.717) is 58.6 Å². The van der Waals surface area contributed by atoms with Gasteiger partial charge < -0.3 is 25.8 Å². The Bertz CT molecular complexity index is 2280. The Hall–Kier alpha value is -3.11. The number of nitrogens with zero attached hydrogens (tertiary/aromatic N) is 7. The number of hydrogen-bond acceptors (Lipinski definition) is 12. The second-order valence-corrected chi connectivity index (χ2v) is 30.7. The third-order valence-corrected chi connectivity index (χ3v) is 14.5. The molecule has 8 rings (SSSR count). The molecule has 11 nitrogen and oxygen atoms in total. The maximum Gasteiger partial charge on any atom is 0.319 e. The molecule has 2 saturated heterocycles. The Labute approximate surface area is 329 Å². The summed E-state index contributed by atoms with van der Waals surface area (Å²) in [4.78, 5) is 27.4. The van der Waals surface area contributed by atoms with Crippen LogP contribution in [0.3, 0.4) is 0 Å². The van der Waals surface area contributed by atoms with Crippen LogP contribution in [0.2, 0.25) is 0 Å². The first kappa shape index (κ1) is 35.9. The van der Waals surface area contributed by atoms with E-state index in [1.165, 1.54) is 11.4 Å². The molecule has 3 aliphatic rings. The number of alkyl halides is 1. The zero-order valence-electron chi connectivity index (χ0n) is 27.8. The highest BCUT2D eigenvalue weighted by atomic mass is 127. The van der Waals surface area contributed by atoms with Crippen LogP contribution in [-0.2, 0) is 0 Å². The average Bonchev–Trinajstić information content (AvgIpc) is 3.58. The lowest BCUT2D eigenvalue weighted by atomic mass is 9.95. The molecule has 4 N–H and O–H groups in total. The fourth-order valence-electron chi connectivity index (χ4n) is 7.69. The Balaban J connectivity index is 1.32. The van der Waals surface area contributed by atoms with Gasteiger partial charge in [0.15, 0.2) is 5.82 Å². The van der Waals surface area contributed by atoms with Crippen molar-refractivity contribution < 1.29 is 18.3 Å². The van der Waals surface area contributed by atoms with E-state index in [2.05, 4.69) is 70.1 Å². The highest BCUT2D eigenvalue weighted by Gasteiger charge is 2.49. The van der Waals surface area contributed by atoms with Crippen LogP contribution in [0, 0.1) is 17.0 Å². The van der Waals surface area contributed by atoms with Gasteiger partial charge in [0.1, 0.15) is 53.4 Å². The van der Waals surface area contributed by atoms with Gasteiger partial charge in [0.2, 0.25) is 5.88 Å². The molecule has 52 heavy (non-hydrogen) atoms. The third-order valence-electron chi connectivity index (χ3n) is 9.98. The predicted octanol–water partition coefficient (Wildman–Crippen LogP) is 7.99. The van der Waals surface area contributed by atoms with Crippen LogP contribution in [0.25, 0.3) is 33.1 Å². The van der Waals surface area contributed by atoms with Crippen LogP contribution < -0.4 is 25.8 Å². The number of pyridine rings is 3. The second-order valence-electron chi connectivity index (χ2n) is 13.0. The van der Waals surface area contributed by atoms with Gasteiger partial charge in [-0.15, -0.1) is 0 Å². The van der Waals surface area contributed by atoms with Gasteiger partial charge in [0, 0.05) is 41.2 Å². The fraction of sp³-hybridized carbons (Fsp3) is 0.343. The maximum atomic E-state index is 17.4. The number of aromatic nitrogens is 5. The predicted molar refractivity (Wildman–Crippen MR) is 220 cm³/mol. The van der Waals surface area contributed by atoms with Crippen molar-refractivity contribution in [1.82, 2.24) is 29.8 Å². The number of fused-ring (bicyclic) bond motifs is 2. The van der Waals surface area contributed by atoms with Gasteiger partial charge in [-0.3, -0.25) is 4.90 Å². The van der Waals surface area contributed by atoms with E-state index in [4.69, 9.17) is 35.9 Å². The van der Waals surface area contributed by atoms with Crippen molar-refractivity contribution in [3.63, 3.8) is 0 Å². The highest BCUT2D eigenvalue weighted by molar-refractivity contribution is 14.3. The van der Waals surface area contributed by atoms with Gasteiger partial charge in [0.25, 0.3) is 0 Å². The monoisotopic (exact) mass is 965 g/mol. The minimum absolute atomic E-state index is 0.0150. The summed E-state index contributed by atoms with van der Waals surface area (Å²) in [7, 11) is 0. The van der Waals surface area contributed by atoms with E-state index in [0.717, 1.165) is 24.9 Å². The third kappa shape index (κ3) is 6.65. The lowest BCUT2D eigenvalue weighted by Gasteiger charge is -2.32. The normalized spacial score (nSPS) is 20.4. The molecule has 2 fully saturated rings. The van der Waals surface area contributed by atoms with Crippen molar-refractivity contribution in [3.05, 3.63) is 59.5 Å². The summed E-state index contributed by atoms with van der Waals surface area (Å²) in [5.74, 6) is 3.65. The molecule has 5 aromatic rings. The van der Waals surface area contributed by atoms with E-state index in [9.17, 15) is 4.39 Å². The molecule has 3 aliphatic heterocycles. The molecule has 3 atom stereocenters. The summed E-state index contributed by atoms with van der Waals surface area (Å²) in [5.41, 5.74) is 14.5. The van der Waals surface area contributed by atoms with E-state index >= 15 is 4.39 Å². The van der Waals surface area contributed by atoms with E-state index in [1.807, 2.05) is 42.2 Å². The summed E-state index contributed by atoms with van der Waals surface area (Å²) in [5, 5.41) is 4.08. The largest absolute Gasteiger partial charge is 0.475 e. The molecule has 268 valence electrons. The van der Waals surface area contributed by atoms with E-state index in [-0.39, 0.29) is 50.6 Å². The molecule has 4 aromatic heterocycles. The molecule has 0 spiro atoms. The number of nitrogen functional groups attached to an aromatic ring is 2. The van der Waals surface area contributed by atoms with Crippen molar-refractivity contribution in [1.29, 1.82) is 0 Å². The average molecular weight is 966 g/mol. The first-order valence-corrected chi connectivity index (χ1v) is 25.0. The van der Waals surface area contributed by atoms with Crippen LogP contribution in [0.5, 0.6) is 11.9 Å². The van der Waals surface area contributed by atoms with Gasteiger partial charge in [-0.05, 0) is 111 Å². The number of anilines is 3. The number of benzene rings is 1. The molecule has 0 aliphatic carbocycles. The van der Waals surface area contributed by atoms with Gasteiger partial charge in [-0.2, -0.15) is 9.97 Å². The molecule has 17 heteroatoms. The lowest BCUT2D eigenvalue weighted by molar-refractivity contribution is 0.107. The standard InChI is InChI=1S/C35H32F2I2N9O2PS/c1-19(22-6-3-10-42-31(22)41)48-12-13-49-33-27-30(45-34(46-32(27)48)50-18-35-9-4-11-47(35)17-21(36)16-35)28(37)29(44-33)23-15-25(40)43-24-7-2-5-20(26(23)24)8-14-52-51(38)39/h2-3,5-7,10,15,19,21H,4,9,11-13,16-18H2,1H3,(H2,40,43)(H2,41,42)/t19-,21-,35+/m1/s1. The van der Waals surface area contributed by atoms with Gasteiger partial charge in [-0.25, -0.2) is 23.7 Å². The molecule has 0 radical (unpaired) electrons. The van der Waals surface area contributed by atoms with E-state index in [1.54, 1.807) is 12.3 Å². The van der Waals surface area contributed by atoms with Crippen molar-refractivity contribution >= 4 is 97.1 Å².